The summed E-state index contributed by atoms with van der Waals surface area (Å²) in [5, 5.41) is 17.9. The molecule has 0 aromatic heterocycles. The first kappa shape index (κ1) is 13.0. The maximum Gasteiger partial charge on any atom is 0.167 e. The van der Waals surface area contributed by atoms with Gasteiger partial charge in [0, 0.05) is 19.7 Å². The molecule has 1 rings (SSSR count). The van der Waals surface area contributed by atoms with Crippen LogP contribution in [0.2, 0.25) is 0 Å². The van der Waals surface area contributed by atoms with Crippen molar-refractivity contribution >= 4 is 17.4 Å². The van der Waals surface area contributed by atoms with Crippen molar-refractivity contribution in [1.29, 1.82) is 5.41 Å². The zero-order valence-corrected chi connectivity index (χ0v) is 10.2. The van der Waals surface area contributed by atoms with E-state index in [1.54, 1.807) is 38.4 Å². The molecule has 0 aliphatic carbocycles. The molecule has 0 atom stereocenters. The lowest BCUT2D eigenvalue weighted by Gasteiger charge is -2.16. The Morgan fingerprint density at radius 1 is 1.24 bits per heavy atom. The number of nitrogens with zero attached hydrogens (tertiary/aromatic N) is 1. The standard InChI is InChI=1S/C13H16N2O2/c1-9(16)11(13(14)15(2)3)12(17)10-7-5-4-6-8-10/h4-8,14,17H,1-3H3. The third kappa shape index (κ3) is 2.93. The van der Waals surface area contributed by atoms with Gasteiger partial charge in [0.15, 0.2) is 5.78 Å². The monoisotopic (exact) mass is 232 g/mol. The Labute approximate surface area is 101 Å². The van der Waals surface area contributed by atoms with Crippen molar-refractivity contribution in [3.8, 4) is 0 Å². The van der Waals surface area contributed by atoms with Crippen LogP contribution in [0.5, 0.6) is 0 Å². The van der Waals surface area contributed by atoms with Crippen LogP contribution in [-0.4, -0.2) is 35.7 Å². The predicted molar refractivity (Wildman–Crippen MR) is 68.1 cm³/mol. The second kappa shape index (κ2) is 5.30. The molecule has 17 heavy (non-hydrogen) atoms. The summed E-state index contributed by atoms with van der Waals surface area (Å²) in [5.74, 6) is -0.485. The molecule has 0 aliphatic rings. The molecule has 0 unspecified atom stereocenters. The Bertz CT molecular complexity index is 462. The highest BCUT2D eigenvalue weighted by Crippen LogP contribution is 2.17. The van der Waals surface area contributed by atoms with Crippen LogP contribution < -0.4 is 0 Å². The Kier molecular flexibility index (Phi) is 4.04. The van der Waals surface area contributed by atoms with Crippen molar-refractivity contribution in [2.75, 3.05) is 14.1 Å². The molecular formula is C13H16N2O2. The second-order valence-electron chi connectivity index (χ2n) is 3.89. The van der Waals surface area contributed by atoms with Gasteiger partial charge in [-0.05, 0) is 6.92 Å². The van der Waals surface area contributed by atoms with Gasteiger partial charge in [-0.25, -0.2) is 0 Å². The summed E-state index contributed by atoms with van der Waals surface area (Å²) in [6, 6.07) is 8.75. The lowest BCUT2D eigenvalue weighted by molar-refractivity contribution is -0.113. The number of likely N-dealkylation sites (N-methyl/N-ethyl adjacent to an activating group) is 1. The van der Waals surface area contributed by atoms with E-state index in [2.05, 4.69) is 0 Å². The molecule has 0 radical (unpaired) electrons. The Morgan fingerprint density at radius 3 is 2.18 bits per heavy atom. The smallest absolute Gasteiger partial charge is 0.167 e. The molecule has 0 bridgehead atoms. The van der Waals surface area contributed by atoms with Gasteiger partial charge in [0.2, 0.25) is 0 Å². The topological polar surface area (TPSA) is 64.4 Å². The third-order valence-electron chi connectivity index (χ3n) is 2.32. The largest absolute Gasteiger partial charge is 0.506 e. The fourth-order valence-corrected chi connectivity index (χ4v) is 1.41. The fraction of sp³-hybridized carbons (Fsp3) is 0.231. The summed E-state index contributed by atoms with van der Waals surface area (Å²) in [6.45, 7) is 1.34. The first-order valence-electron chi connectivity index (χ1n) is 5.21. The van der Waals surface area contributed by atoms with Crippen molar-refractivity contribution in [2.45, 2.75) is 6.92 Å². The first-order valence-corrected chi connectivity index (χ1v) is 5.21. The average Bonchev–Trinajstić information content (AvgIpc) is 2.29. The molecule has 0 fully saturated rings. The molecule has 0 spiro atoms. The molecule has 90 valence electrons. The molecule has 4 heteroatoms. The maximum absolute atomic E-state index is 11.5. The lowest BCUT2D eigenvalue weighted by Crippen LogP contribution is -2.26. The number of nitrogens with one attached hydrogen (secondary N) is 1. The van der Waals surface area contributed by atoms with Gasteiger partial charge in [-0.15, -0.1) is 0 Å². The van der Waals surface area contributed by atoms with Crippen molar-refractivity contribution < 1.29 is 9.90 Å². The Balaban J connectivity index is 3.31. The summed E-state index contributed by atoms with van der Waals surface area (Å²) in [6.07, 6.45) is 0. The van der Waals surface area contributed by atoms with Crippen LogP contribution in [0.25, 0.3) is 5.76 Å². The lowest BCUT2D eigenvalue weighted by atomic mass is 10.0. The van der Waals surface area contributed by atoms with Crippen LogP contribution in [0.15, 0.2) is 35.9 Å². The maximum atomic E-state index is 11.5. The number of hydrogen-bond donors (Lipinski definition) is 2. The molecule has 0 heterocycles. The quantitative estimate of drug-likeness (QED) is 0.363. The van der Waals surface area contributed by atoms with Crippen molar-refractivity contribution in [2.24, 2.45) is 0 Å². The number of aliphatic hydroxyl groups is 1. The highest BCUT2D eigenvalue weighted by molar-refractivity contribution is 6.23. The molecule has 0 saturated heterocycles. The SMILES string of the molecule is CC(=O)C(C(=N)N(C)C)=C(O)c1ccccc1. The van der Waals surface area contributed by atoms with Crippen LogP contribution in [0.3, 0.4) is 0 Å². The van der Waals surface area contributed by atoms with E-state index in [9.17, 15) is 9.90 Å². The minimum atomic E-state index is -0.329. The molecule has 0 aliphatic heterocycles. The number of benzene rings is 1. The minimum absolute atomic E-state index is 0.00106. The number of aliphatic hydroxyl groups excluding tert-OH is 1. The van der Waals surface area contributed by atoms with Gasteiger partial charge in [0.25, 0.3) is 0 Å². The van der Waals surface area contributed by atoms with E-state index in [1.807, 2.05) is 6.07 Å². The van der Waals surface area contributed by atoms with Crippen molar-refractivity contribution in [1.82, 2.24) is 4.90 Å². The van der Waals surface area contributed by atoms with E-state index >= 15 is 0 Å². The summed E-state index contributed by atoms with van der Waals surface area (Å²) in [5.41, 5.74) is 0.561. The number of hydrogen-bond acceptors (Lipinski definition) is 3. The number of ketones is 1. The molecule has 0 saturated carbocycles. The molecule has 1 aromatic rings. The van der Waals surface area contributed by atoms with Gasteiger partial charge in [0.05, 0.1) is 0 Å². The normalized spacial score (nSPS) is 11.7. The van der Waals surface area contributed by atoms with Crippen LogP contribution in [0.4, 0.5) is 0 Å². The Morgan fingerprint density at radius 2 is 1.76 bits per heavy atom. The molecule has 2 N–H and O–H groups in total. The van der Waals surface area contributed by atoms with Gasteiger partial charge in [-0.3, -0.25) is 10.2 Å². The van der Waals surface area contributed by atoms with Gasteiger partial charge < -0.3 is 10.0 Å². The van der Waals surface area contributed by atoms with Crippen LogP contribution in [0, 0.1) is 5.41 Å². The van der Waals surface area contributed by atoms with Gasteiger partial charge in [0.1, 0.15) is 17.2 Å². The molecule has 4 nitrogen and oxygen atoms in total. The number of carbonyl (C=O) groups excluding carboxylic acids is 1. The van der Waals surface area contributed by atoms with Gasteiger partial charge in [-0.2, -0.15) is 0 Å². The first-order chi connectivity index (χ1) is 7.95. The molecule has 1 aromatic carbocycles. The van der Waals surface area contributed by atoms with E-state index in [4.69, 9.17) is 5.41 Å². The van der Waals surface area contributed by atoms with E-state index in [0.29, 0.717) is 5.56 Å². The third-order valence-corrected chi connectivity index (χ3v) is 2.32. The van der Waals surface area contributed by atoms with Crippen LogP contribution in [0.1, 0.15) is 12.5 Å². The van der Waals surface area contributed by atoms with E-state index < -0.39 is 0 Å². The Hall–Kier alpha value is -2.10. The number of carbonyl (C=O) groups is 1. The summed E-state index contributed by atoms with van der Waals surface area (Å²) in [4.78, 5) is 13.0. The van der Waals surface area contributed by atoms with Crippen LogP contribution in [-0.2, 0) is 4.79 Å². The van der Waals surface area contributed by atoms with E-state index in [0.717, 1.165) is 0 Å². The van der Waals surface area contributed by atoms with Crippen molar-refractivity contribution in [3.05, 3.63) is 41.5 Å². The minimum Gasteiger partial charge on any atom is -0.506 e. The van der Waals surface area contributed by atoms with E-state index in [1.165, 1.54) is 11.8 Å². The zero-order chi connectivity index (χ0) is 13.0. The van der Waals surface area contributed by atoms with Crippen molar-refractivity contribution in [3.63, 3.8) is 0 Å². The second-order valence-corrected chi connectivity index (χ2v) is 3.89. The fourth-order valence-electron chi connectivity index (χ4n) is 1.41. The summed E-state index contributed by atoms with van der Waals surface area (Å²) >= 11 is 0. The molecular weight excluding hydrogens is 216 g/mol. The van der Waals surface area contributed by atoms with E-state index in [-0.39, 0.29) is 23.0 Å². The number of Topliss-reactive ketones (excluding diaryl/α,β-unsaturated/α-hetero) is 1. The number of rotatable bonds is 3. The number of amidine groups is 1. The van der Waals surface area contributed by atoms with Gasteiger partial charge >= 0.3 is 0 Å². The zero-order valence-electron chi connectivity index (χ0n) is 10.2. The highest BCUT2D eigenvalue weighted by atomic mass is 16.3. The van der Waals surface area contributed by atoms with Gasteiger partial charge in [-0.1, -0.05) is 30.3 Å². The molecule has 0 amide bonds. The predicted octanol–water partition coefficient (Wildman–Crippen LogP) is 2.08. The highest BCUT2D eigenvalue weighted by Gasteiger charge is 2.19. The summed E-state index contributed by atoms with van der Waals surface area (Å²) < 4.78 is 0. The summed E-state index contributed by atoms with van der Waals surface area (Å²) in [7, 11) is 3.31. The average molecular weight is 232 g/mol. The van der Waals surface area contributed by atoms with Crippen LogP contribution >= 0.6 is 0 Å².